The van der Waals surface area contributed by atoms with Gasteiger partial charge in [-0.1, -0.05) is 136 Å². The SMILES string of the molecule is CN.CNC(=O)CCc1cccc(C(=O)NC)c1.COC(OC)OC.COC(OC)c1c[c-]ccc1.COC(OC)c1cccc(Br)c1.O=C(Cl)CCc1cccc(C(=O)Cl)c1.O=C(O)/C=C/c1cccc(C(=O)O)c1.O=C(O)CC(=O)O.O=C(O)CCc1cccc(C(=O)O)c1.O=Cc1cccc(Br)c1.O=Cc1cccc(C(=O)O)c1.O=S(Cl)Cl.[CH2-]CCC.[HH].[Li+].[Li+]. The zero-order chi connectivity index (χ0) is 96.2. The second-order valence-corrected chi connectivity index (χ2v) is 28.1. The summed E-state index contributed by atoms with van der Waals surface area (Å²) in [5, 5.41) is 62.3. The van der Waals surface area contributed by atoms with Gasteiger partial charge in [-0.3, -0.25) is 43.2 Å². The molecule has 2 amide bonds. The Bertz CT molecular complexity index is 4450. The first-order valence-corrected chi connectivity index (χ1v) is 41.2. The zero-order valence-corrected chi connectivity index (χ0v) is 79.1. The van der Waals surface area contributed by atoms with Crippen molar-refractivity contribution in [2.75, 3.05) is 70.9 Å². The molecule has 0 heterocycles. The first-order valence-electron chi connectivity index (χ1n) is 36.0. The average molecular weight is 1990 g/mol. The molecule has 8 rings (SSSR count). The number of aromatic carboxylic acids is 3. The predicted molar refractivity (Wildman–Crippen MR) is 486 cm³/mol. The predicted octanol–water partition coefficient (Wildman–Crippen LogP) is 10.6. The number of aliphatic carboxylic acids is 4. The van der Waals surface area contributed by atoms with Gasteiger partial charge in [0.2, 0.25) is 20.4 Å². The van der Waals surface area contributed by atoms with Gasteiger partial charge in [-0.25, -0.2) is 23.4 Å². The van der Waals surface area contributed by atoms with Crippen LogP contribution in [0, 0.1) is 13.0 Å². The Morgan fingerprint density at radius 2 is 0.850 bits per heavy atom. The molecule has 0 saturated heterocycles. The van der Waals surface area contributed by atoms with Crippen molar-refractivity contribution in [1.82, 2.24) is 10.6 Å². The molecule has 127 heavy (non-hydrogen) atoms. The Balaban J connectivity index is -0.000000207. The van der Waals surface area contributed by atoms with Gasteiger partial charge < -0.3 is 92.2 Å². The van der Waals surface area contributed by atoms with E-state index >= 15 is 0 Å². The fourth-order valence-electron chi connectivity index (χ4n) is 8.23. The van der Waals surface area contributed by atoms with E-state index < -0.39 is 69.2 Å². The molecule has 31 nitrogen and oxygen atoms in total. The van der Waals surface area contributed by atoms with Crippen LogP contribution in [-0.2, 0) is 90.4 Å². The van der Waals surface area contributed by atoms with Gasteiger partial charge in [0.1, 0.15) is 25.3 Å². The Labute approximate surface area is 802 Å². The number of benzene rings is 8. The topological polar surface area (TPSA) is 495 Å². The minimum absolute atomic E-state index is 0. The van der Waals surface area contributed by atoms with Crippen molar-refractivity contribution >= 4 is 168 Å². The van der Waals surface area contributed by atoms with Crippen molar-refractivity contribution in [3.63, 3.8) is 0 Å². The molecule has 0 radical (unpaired) electrons. The third kappa shape index (κ3) is 74.2. The maximum atomic E-state index is 11.4. The first kappa shape index (κ1) is 131. The number of aldehydes is 2. The molecule has 0 saturated carbocycles. The summed E-state index contributed by atoms with van der Waals surface area (Å²) in [4.78, 5) is 135. The maximum absolute atomic E-state index is 11.4. The molecular formula is C87H105Br2Cl4Li2N3O28S. The van der Waals surface area contributed by atoms with Crippen LogP contribution >= 0.6 is 76.4 Å². The van der Waals surface area contributed by atoms with Crippen molar-refractivity contribution < 1.29 is 175 Å². The van der Waals surface area contributed by atoms with Crippen LogP contribution < -0.4 is 54.1 Å². The number of carboxylic acid groups (broad SMARTS) is 7. The van der Waals surface area contributed by atoms with E-state index in [4.69, 9.17) is 82.1 Å². The van der Waals surface area contributed by atoms with Gasteiger partial charge in [-0.15, -0.1) is 5.56 Å². The number of carbonyl (C=O) groups is 13. The summed E-state index contributed by atoms with van der Waals surface area (Å²) in [6.45, 7) is 5.21. The molecular weight excluding hydrogens is 1880 g/mol. The van der Waals surface area contributed by atoms with E-state index in [2.05, 4.69) is 104 Å². The van der Waals surface area contributed by atoms with Crippen molar-refractivity contribution in [2.24, 2.45) is 5.73 Å². The summed E-state index contributed by atoms with van der Waals surface area (Å²) in [5.41, 5.74) is 12.2. The van der Waals surface area contributed by atoms with Gasteiger partial charge in [-0.2, -0.15) is 36.8 Å². The largest absolute Gasteiger partial charge is 1.00 e. The quantitative estimate of drug-likeness (QED) is 0.00380. The summed E-state index contributed by atoms with van der Waals surface area (Å²) >= 11 is 17.1. The number of carbonyl (C=O) groups excluding carboxylic acids is 6. The number of unbranched alkanes of at least 4 members (excludes halogenated alkanes) is 1. The summed E-state index contributed by atoms with van der Waals surface area (Å²) in [6.07, 6.45) is 6.92. The van der Waals surface area contributed by atoms with E-state index in [1.54, 1.807) is 109 Å². The van der Waals surface area contributed by atoms with Crippen LogP contribution in [-0.4, -0.2) is 194 Å². The monoisotopic (exact) mass is 1980 g/mol. The smallest absolute Gasteiger partial charge is 0.481 e. The van der Waals surface area contributed by atoms with Crippen LogP contribution in [0.4, 0.5) is 0 Å². The zero-order valence-electron chi connectivity index (χ0n) is 72.0. The fourth-order valence-corrected chi connectivity index (χ4v) is 9.27. The van der Waals surface area contributed by atoms with Gasteiger partial charge in [0.05, 0.1) is 16.7 Å². The molecule has 11 N–H and O–H groups in total. The number of carboxylic acids is 7. The molecule has 8 aromatic carbocycles. The molecule has 40 heteroatoms. The van der Waals surface area contributed by atoms with Crippen molar-refractivity contribution in [1.29, 1.82) is 0 Å². The maximum Gasteiger partial charge on any atom is 1.00 e. The molecule has 0 atom stereocenters. The number of rotatable bonds is 30. The number of amides is 2. The number of ether oxygens (including phenoxy) is 7. The molecule has 8 aromatic rings. The van der Waals surface area contributed by atoms with E-state index in [1.165, 1.54) is 83.3 Å². The van der Waals surface area contributed by atoms with E-state index in [9.17, 15) is 62.3 Å². The van der Waals surface area contributed by atoms with Gasteiger partial charge in [0.25, 0.3) is 17.6 Å². The number of aryl methyl sites for hydroxylation is 3. The van der Waals surface area contributed by atoms with Crippen LogP contribution in [0.5, 0.6) is 0 Å². The second kappa shape index (κ2) is 84.7. The standard InChI is InChI=1S/C12H16N2O2.C10H8Cl2O2.C10H10O4.C10H8O4.C9H11BrO2.C9H11O2.C8H6O3.C7H5BrO.C4H10O3.C4H9.C3H4O4.CH5N.Cl2OS.2Li.H2/c1-13-11(15)7-6-9-4-3-5-10(8-9)12(16)14-2;11-9(13)5-4-7-2-1-3-8(6-7)10(12)14;2*11-9(12)5-4-7-2-1-3-8(6-7)10(13)14;1-11-9(12-2)7-4-3-5-8(10)6-7;1-10-9(11-2)8-6-4-3-5-7-8;9-5-6-2-1-3-7(4-6)8(10)11;8-7-3-1-2-6(4-7)5-9;1-5-4(6-2)7-3;1-3-4-2;4-2(5)1-3(6)7;1-2;1-4(2)3;;;/h3-5,8H,6-7H2,1-2H3,(H,13,15)(H,14,16);1-3,6H,4-5H2;1-3,6H,4-5H2,(H,11,12)(H,13,14);1-6H,(H,11,12)(H,13,14);3-6,9H,1-2H3;3-4,6-7,9H,1-2H3;1-5H,(H,10,11);1-5H;4H,1-3H3;1,3-4H2,2H3;1H2,(H,4,5)(H,6,7);2H2,1H3;;;;1H/q;;;;;-1;;;;-1;;;;2*+1;/b;;;5-4+;;;;;;;;;;;;. The van der Waals surface area contributed by atoms with Crippen LogP contribution in [0.25, 0.3) is 6.08 Å². The summed E-state index contributed by atoms with van der Waals surface area (Å²) in [6, 6.07) is 57.9. The van der Waals surface area contributed by atoms with E-state index in [1.807, 2.05) is 84.9 Å². The molecule has 0 fully saturated rings. The summed E-state index contributed by atoms with van der Waals surface area (Å²) < 4.78 is 45.1. The number of hydrogen-bond acceptors (Lipinski definition) is 22. The molecule has 0 bridgehead atoms. The minimum atomic E-state index is -1.67. The van der Waals surface area contributed by atoms with Crippen LogP contribution in [0.2, 0.25) is 0 Å². The van der Waals surface area contributed by atoms with Gasteiger partial charge in [-0.05, 0) is 157 Å². The number of hydrogen-bond donors (Lipinski definition) is 10. The first-order chi connectivity index (χ1) is 59.3. The molecule has 0 aliphatic carbocycles. The van der Waals surface area contributed by atoms with Crippen LogP contribution in [0.1, 0.15) is 165 Å². The minimum Gasteiger partial charge on any atom is -0.481 e. The molecule has 0 spiro atoms. The van der Waals surface area contributed by atoms with Crippen LogP contribution in [0.15, 0.2) is 209 Å². The number of nitrogens with two attached hydrogens (primary N) is 1. The molecule has 0 aromatic heterocycles. The van der Waals surface area contributed by atoms with Crippen LogP contribution in [0.3, 0.4) is 0 Å². The Morgan fingerprint density at radius 1 is 0.488 bits per heavy atom. The Hall–Kier alpha value is -9.45. The molecule has 686 valence electrons. The van der Waals surface area contributed by atoms with Gasteiger partial charge in [0.15, 0.2) is 6.29 Å². The van der Waals surface area contributed by atoms with Crippen molar-refractivity contribution in [2.45, 2.75) is 83.8 Å². The number of methoxy groups -OCH3 is 7. The van der Waals surface area contributed by atoms with E-state index in [0.717, 1.165) is 55.5 Å². The van der Waals surface area contributed by atoms with Crippen molar-refractivity contribution in [3.8, 4) is 0 Å². The Kier molecular flexibility index (Phi) is 87.1. The third-order valence-electron chi connectivity index (χ3n) is 13.9. The number of halogens is 6. The fraction of sp³-hybridized carbons (Fsp3) is 0.264. The van der Waals surface area contributed by atoms with Gasteiger partial charge in [0, 0.05) is 149 Å². The molecule has 0 aliphatic rings. The number of nitrogens with one attached hydrogen (secondary N) is 2. The molecule has 0 unspecified atom stereocenters. The van der Waals surface area contributed by atoms with E-state index in [0.29, 0.717) is 59.8 Å². The second-order valence-electron chi connectivity index (χ2n) is 23.0. The van der Waals surface area contributed by atoms with Gasteiger partial charge >= 0.3 is 79.5 Å². The normalized spacial score (nSPS) is 9.41. The van der Waals surface area contributed by atoms with E-state index in [-0.39, 0.29) is 98.3 Å². The average Bonchev–Trinajstić information content (AvgIpc) is 0.893. The summed E-state index contributed by atoms with van der Waals surface area (Å²) in [7, 11) is 23.1. The van der Waals surface area contributed by atoms with Crippen molar-refractivity contribution in [3.05, 3.63) is 294 Å². The third-order valence-corrected chi connectivity index (χ3v) is 15.3. The Morgan fingerprint density at radius 3 is 1.19 bits per heavy atom. The molecule has 0 aliphatic heterocycles. The summed E-state index contributed by atoms with van der Waals surface area (Å²) in [5.74, 6) is -7.73.